The maximum Gasteiger partial charge on any atom is 0.141 e. The van der Waals surface area contributed by atoms with Crippen LogP contribution in [-0.2, 0) is 0 Å². The molecule has 0 unspecified atom stereocenters. The molecule has 7 heteroatoms. The Bertz CT molecular complexity index is 1090. The monoisotopic (exact) mass is 407 g/mol. The first-order chi connectivity index (χ1) is 13.8. The van der Waals surface area contributed by atoms with Gasteiger partial charge in [0.05, 0.1) is 5.39 Å². The summed E-state index contributed by atoms with van der Waals surface area (Å²) in [5.41, 5.74) is 3.53. The average Bonchev–Trinajstić information content (AvgIpc) is 3.19. The van der Waals surface area contributed by atoms with E-state index in [2.05, 4.69) is 54.4 Å². The number of halogens is 1. The lowest BCUT2D eigenvalue weighted by Gasteiger charge is -2.37. The Morgan fingerprint density at radius 1 is 0.857 bits per heavy atom. The number of nitrogens with zero attached hydrogens (tertiary/aromatic N) is 5. The predicted molar refractivity (Wildman–Crippen MR) is 117 cm³/mol. The second-order valence-electron chi connectivity index (χ2n) is 6.71. The molecule has 1 fully saturated rings. The highest BCUT2D eigenvalue weighted by Crippen LogP contribution is 2.38. The van der Waals surface area contributed by atoms with Crippen molar-refractivity contribution in [2.24, 2.45) is 0 Å². The zero-order valence-electron chi connectivity index (χ0n) is 15.1. The number of rotatable bonds is 3. The lowest BCUT2D eigenvalue weighted by Crippen LogP contribution is -2.46. The smallest absolute Gasteiger partial charge is 0.141 e. The third-order valence-electron chi connectivity index (χ3n) is 5.11. The Hall–Kier alpha value is -2.70. The molecule has 0 saturated carbocycles. The minimum absolute atomic E-state index is 0.743. The molecule has 4 aromatic rings. The van der Waals surface area contributed by atoms with Crippen molar-refractivity contribution < 1.29 is 0 Å². The summed E-state index contributed by atoms with van der Waals surface area (Å²) in [5, 5.41) is 4.04. The lowest BCUT2D eigenvalue weighted by atomic mass is 10.1. The van der Waals surface area contributed by atoms with Gasteiger partial charge in [-0.1, -0.05) is 23.7 Å². The van der Waals surface area contributed by atoms with Crippen LogP contribution in [0.3, 0.4) is 0 Å². The summed E-state index contributed by atoms with van der Waals surface area (Å²) in [6.45, 7) is 3.75. The molecular formula is C21H18ClN5S. The van der Waals surface area contributed by atoms with Gasteiger partial charge >= 0.3 is 0 Å². The summed E-state index contributed by atoms with van der Waals surface area (Å²) < 4.78 is 0. The average molecular weight is 408 g/mol. The summed E-state index contributed by atoms with van der Waals surface area (Å²) in [7, 11) is 0. The fraction of sp³-hybridized carbons (Fsp3) is 0.190. The van der Waals surface area contributed by atoms with E-state index in [-0.39, 0.29) is 0 Å². The molecule has 0 atom stereocenters. The number of hydrogen-bond donors (Lipinski definition) is 0. The number of pyridine rings is 1. The van der Waals surface area contributed by atoms with E-state index < -0.39 is 0 Å². The first-order valence-corrected chi connectivity index (χ1v) is 10.4. The number of fused-ring (bicyclic) bond motifs is 1. The minimum atomic E-state index is 0.743. The van der Waals surface area contributed by atoms with Gasteiger partial charge in [0.2, 0.25) is 0 Å². The summed E-state index contributed by atoms with van der Waals surface area (Å²) >= 11 is 7.73. The molecule has 5 rings (SSSR count). The molecule has 0 spiro atoms. The molecule has 0 aliphatic carbocycles. The van der Waals surface area contributed by atoms with E-state index in [9.17, 15) is 0 Å². The highest BCUT2D eigenvalue weighted by Gasteiger charge is 2.22. The fourth-order valence-corrected chi connectivity index (χ4v) is 4.71. The molecule has 0 amide bonds. The second-order valence-corrected chi connectivity index (χ2v) is 8.01. The van der Waals surface area contributed by atoms with Crippen LogP contribution in [0.25, 0.3) is 21.3 Å². The van der Waals surface area contributed by atoms with Crippen LogP contribution in [0.2, 0.25) is 5.02 Å². The van der Waals surface area contributed by atoms with Crippen LogP contribution < -0.4 is 9.80 Å². The van der Waals surface area contributed by atoms with Gasteiger partial charge in [0.15, 0.2) is 0 Å². The van der Waals surface area contributed by atoms with Crippen molar-refractivity contribution in [2.45, 2.75) is 0 Å². The van der Waals surface area contributed by atoms with Gasteiger partial charge in [-0.25, -0.2) is 9.97 Å². The van der Waals surface area contributed by atoms with E-state index in [1.165, 1.54) is 11.3 Å². The highest BCUT2D eigenvalue weighted by molar-refractivity contribution is 7.17. The van der Waals surface area contributed by atoms with Gasteiger partial charge in [-0.3, -0.25) is 4.98 Å². The Morgan fingerprint density at radius 3 is 2.32 bits per heavy atom. The number of benzene rings is 1. The van der Waals surface area contributed by atoms with E-state index in [0.29, 0.717) is 0 Å². The molecule has 0 N–H and O–H groups in total. The number of aromatic nitrogens is 3. The maximum atomic E-state index is 6.07. The van der Waals surface area contributed by atoms with E-state index in [0.717, 1.165) is 52.8 Å². The first-order valence-electron chi connectivity index (χ1n) is 9.18. The van der Waals surface area contributed by atoms with Crippen LogP contribution >= 0.6 is 22.9 Å². The van der Waals surface area contributed by atoms with E-state index in [1.807, 2.05) is 24.5 Å². The Labute approximate surface area is 172 Å². The third kappa shape index (κ3) is 3.19. The van der Waals surface area contributed by atoms with E-state index >= 15 is 0 Å². The van der Waals surface area contributed by atoms with Crippen molar-refractivity contribution in [1.29, 1.82) is 0 Å². The Kier molecular flexibility index (Phi) is 4.58. The molecule has 28 heavy (non-hydrogen) atoms. The third-order valence-corrected chi connectivity index (χ3v) is 6.25. The minimum Gasteiger partial charge on any atom is -0.368 e. The van der Waals surface area contributed by atoms with Gasteiger partial charge in [-0.05, 0) is 29.8 Å². The van der Waals surface area contributed by atoms with Gasteiger partial charge in [0, 0.05) is 60.2 Å². The van der Waals surface area contributed by atoms with Gasteiger partial charge in [-0.2, -0.15) is 0 Å². The second kappa shape index (κ2) is 7.37. The van der Waals surface area contributed by atoms with Gasteiger partial charge < -0.3 is 9.80 Å². The molecule has 5 nitrogen and oxygen atoms in total. The molecule has 1 saturated heterocycles. The van der Waals surface area contributed by atoms with Crippen molar-refractivity contribution in [3.8, 4) is 11.1 Å². The van der Waals surface area contributed by atoms with Crippen molar-refractivity contribution >= 4 is 44.7 Å². The Balaban J connectivity index is 1.47. The van der Waals surface area contributed by atoms with Crippen molar-refractivity contribution in [3.05, 3.63) is 65.5 Å². The standard InChI is InChI=1S/C21H18ClN5S/c22-16-3-1-15(2-4-16)18-13-28-21-19(18)20(24-14-25-21)27-11-9-26(10-12-27)17-5-7-23-8-6-17/h1-8,13-14H,9-12H2. The van der Waals surface area contributed by atoms with Crippen LogP contribution in [0.15, 0.2) is 60.5 Å². The molecule has 3 aromatic heterocycles. The summed E-state index contributed by atoms with van der Waals surface area (Å²) in [6.07, 6.45) is 5.37. The van der Waals surface area contributed by atoms with Crippen molar-refractivity contribution in [1.82, 2.24) is 15.0 Å². The maximum absolute atomic E-state index is 6.07. The predicted octanol–water partition coefficient (Wildman–Crippen LogP) is 4.73. The number of hydrogen-bond acceptors (Lipinski definition) is 6. The summed E-state index contributed by atoms with van der Waals surface area (Å²) in [4.78, 5) is 19.1. The normalized spacial score (nSPS) is 14.6. The molecule has 1 aliphatic rings. The van der Waals surface area contributed by atoms with Crippen LogP contribution in [0, 0.1) is 0 Å². The van der Waals surface area contributed by atoms with Crippen LogP contribution in [0.1, 0.15) is 0 Å². The SMILES string of the molecule is Clc1ccc(-c2csc3ncnc(N4CCN(c5ccncc5)CC4)c23)cc1. The fourth-order valence-electron chi connectivity index (χ4n) is 3.67. The zero-order chi connectivity index (χ0) is 18.9. The van der Waals surface area contributed by atoms with Gasteiger partial charge in [-0.15, -0.1) is 11.3 Å². The molecule has 140 valence electrons. The number of piperazine rings is 1. The largest absolute Gasteiger partial charge is 0.368 e. The van der Waals surface area contributed by atoms with Crippen molar-refractivity contribution in [3.63, 3.8) is 0 Å². The molecule has 4 heterocycles. The summed E-state index contributed by atoms with van der Waals surface area (Å²) in [6, 6.07) is 12.1. The number of thiophene rings is 1. The molecular weight excluding hydrogens is 390 g/mol. The highest BCUT2D eigenvalue weighted by atomic mass is 35.5. The topological polar surface area (TPSA) is 45.2 Å². The van der Waals surface area contributed by atoms with E-state index in [1.54, 1.807) is 17.7 Å². The molecule has 1 aliphatic heterocycles. The molecule has 0 bridgehead atoms. The zero-order valence-corrected chi connectivity index (χ0v) is 16.7. The van der Waals surface area contributed by atoms with E-state index in [4.69, 9.17) is 11.6 Å². The van der Waals surface area contributed by atoms with Crippen LogP contribution in [0.5, 0.6) is 0 Å². The van der Waals surface area contributed by atoms with Crippen LogP contribution in [0.4, 0.5) is 11.5 Å². The first kappa shape index (κ1) is 17.4. The van der Waals surface area contributed by atoms with Gasteiger partial charge in [0.1, 0.15) is 17.0 Å². The van der Waals surface area contributed by atoms with Crippen molar-refractivity contribution in [2.75, 3.05) is 36.0 Å². The van der Waals surface area contributed by atoms with Crippen LogP contribution in [-0.4, -0.2) is 41.1 Å². The van der Waals surface area contributed by atoms with Gasteiger partial charge in [0.25, 0.3) is 0 Å². The number of anilines is 2. The quantitative estimate of drug-likeness (QED) is 0.491. The summed E-state index contributed by atoms with van der Waals surface area (Å²) in [5.74, 6) is 1.02. The Morgan fingerprint density at radius 2 is 1.57 bits per heavy atom. The lowest BCUT2D eigenvalue weighted by molar-refractivity contribution is 0.648. The molecule has 1 aromatic carbocycles. The molecule has 0 radical (unpaired) electrons.